The molecule has 3 aromatic rings. The third kappa shape index (κ3) is 4.81. The van der Waals surface area contributed by atoms with Gasteiger partial charge in [0.15, 0.2) is 0 Å². The first-order valence-corrected chi connectivity index (χ1v) is 10.2. The highest BCUT2D eigenvalue weighted by Crippen LogP contribution is 2.27. The number of benzene rings is 1. The molecule has 4 rings (SSSR count). The molecule has 158 valence electrons. The van der Waals surface area contributed by atoms with Crippen molar-refractivity contribution in [1.82, 2.24) is 20.1 Å². The van der Waals surface area contributed by atoms with Gasteiger partial charge in [0, 0.05) is 42.4 Å². The van der Waals surface area contributed by atoms with Crippen molar-refractivity contribution in [2.45, 2.75) is 38.2 Å². The summed E-state index contributed by atoms with van der Waals surface area (Å²) in [6.07, 6.45) is 6.01. The fourth-order valence-corrected chi connectivity index (χ4v) is 4.00. The number of alkyl halides is 2. The number of hydrogen-bond donors (Lipinski definition) is 2. The molecule has 2 N–H and O–H groups in total. The van der Waals surface area contributed by atoms with Crippen LogP contribution >= 0.6 is 0 Å². The number of hydrogen-bond acceptors (Lipinski definition) is 4. The minimum Gasteiger partial charge on any atom is -0.310 e. The lowest BCUT2D eigenvalue weighted by Crippen LogP contribution is -2.38. The van der Waals surface area contributed by atoms with Gasteiger partial charge in [0.05, 0.1) is 12.7 Å². The first kappa shape index (κ1) is 20.4. The summed E-state index contributed by atoms with van der Waals surface area (Å²) in [6, 6.07) is 8.03. The maximum Gasteiger partial charge on any atom is 0.250 e. The average Bonchev–Trinajstić information content (AvgIpc) is 3.18. The summed E-state index contributed by atoms with van der Waals surface area (Å²) in [4.78, 5) is 17.0. The summed E-state index contributed by atoms with van der Waals surface area (Å²) >= 11 is 0. The molecule has 0 atom stereocenters. The molecular formula is C22H25F2N5O. The van der Waals surface area contributed by atoms with Crippen molar-refractivity contribution >= 4 is 22.5 Å². The quantitative estimate of drug-likeness (QED) is 0.641. The van der Waals surface area contributed by atoms with Crippen LogP contribution in [-0.4, -0.2) is 39.7 Å². The van der Waals surface area contributed by atoms with Crippen molar-refractivity contribution in [3.8, 4) is 11.1 Å². The van der Waals surface area contributed by atoms with Gasteiger partial charge in [-0.25, -0.2) is 13.8 Å². The van der Waals surface area contributed by atoms with E-state index in [2.05, 4.69) is 26.8 Å². The number of aryl methyl sites for hydroxylation is 1. The Hall–Kier alpha value is -2.87. The Morgan fingerprint density at radius 2 is 1.93 bits per heavy atom. The van der Waals surface area contributed by atoms with E-state index in [1.165, 1.54) is 0 Å². The normalized spacial score (nSPS) is 19.3. The van der Waals surface area contributed by atoms with E-state index in [4.69, 9.17) is 0 Å². The molecule has 1 aliphatic carbocycles. The molecule has 1 aromatic carbocycles. The predicted molar refractivity (Wildman–Crippen MR) is 112 cm³/mol. The van der Waals surface area contributed by atoms with Gasteiger partial charge in [0.1, 0.15) is 5.82 Å². The third-order valence-electron chi connectivity index (χ3n) is 5.67. The van der Waals surface area contributed by atoms with Crippen molar-refractivity contribution < 1.29 is 13.6 Å². The molecule has 1 fully saturated rings. The molecule has 0 unspecified atom stereocenters. The monoisotopic (exact) mass is 413 g/mol. The van der Waals surface area contributed by atoms with E-state index in [1.807, 2.05) is 37.6 Å². The van der Waals surface area contributed by atoms with Crippen LogP contribution in [0.4, 0.5) is 14.6 Å². The molecule has 30 heavy (non-hydrogen) atoms. The van der Waals surface area contributed by atoms with Crippen molar-refractivity contribution in [3.63, 3.8) is 0 Å². The zero-order valence-corrected chi connectivity index (χ0v) is 16.8. The number of nitrogens with zero attached hydrogens (tertiary/aromatic N) is 3. The second-order valence-corrected chi connectivity index (χ2v) is 7.87. The summed E-state index contributed by atoms with van der Waals surface area (Å²) in [5.41, 5.74) is 2.08. The maximum atomic E-state index is 12.7. The Balaban J connectivity index is 1.40. The standard InChI is InChI=1S/C22H25F2N5O/c1-29-13-18(11-27-29)15-2-3-16-10-26-21(9-17(16)8-15)28-22(30)14-4-6-19(7-5-14)25-12-20(23)24/h2-3,8-11,13-14,19-20,25H,4-7,12H2,1H3,(H,26,28,30)/t14-,19-. The van der Waals surface area contributed by atoms with Crippen LogP contribution in [0.1, 0.15) is 25.7 Å². The zero-order valence-electron chi connectivity index (χ0n) is 16.8. The Morgan fingerprint density at radius 1 is 1.13 bits per heavy atom. The summed E-state index contributed by atoms with van der Waals surface area (Å²) in [5.74, 6) is 0.347. The molecule has 0 aliphatic heterocycles. The average molecular weight is 413 g/mol. The number of rotatable bonds is 6. The van der Waals surface area contributed by atoms with Gasteiger partial charge in [-0.2, -0.15) is 5.10 Å². The molecule has 8 heteroatoms. The smallest absolute Gasteiger partial charge is 0.250 e. The first-order valence-electron chi connectivity index (χ1n) is 10.2. The lowest BCUT2D eigenvalue weighted by Gasteiger charge is -2.28. The molecule has 1 aliphatic rings. The van der Waals surface area contributed by atoms with E-state index in [0.29, 0.717) is 18.7 Å². The van der Waals surface area contributed by atoms with Crippen LogP contribution in [0, 0.1) is 5.92 Å². The van der Waals surface area contributed by atoms with Crippen molar-refractivity contribution in [3.05, 3.63) is 42.9 Å². The lowest BCUT2D eigenvalue weighted by atomic mass is 9.85. The Labute approximate surface area is 173 Å². The number of nitrogens with one attached hydrogen (secondary N) is 2. The molecule has 0 spiro atoms. The number of halogens is 2. The Kier molecular flexibility index (Phi) is 6.03. The first-order chi connectivity index (χ1) is 14.5. The molecule has 2 heterocycles. The summed E-state index contributed by atoms with van der Waals surface area (Å²) < 4.78 is 26.4. The van der Waals surface area contributed by atoms with E-state index in [0.717, 1.165) is 34.7 Å². The topological polar surface area (TPSA) is 71.8 Å². The van der Waals surface area contributed by atoms with E-state index in [9.17, 15) is 13.6 Å². The number of carbonyl (C=O) groups excluding carboxylic acids is 1. The molecule has 6 nitrogen and oxygen atoms in total. The van der Waals surface area contributed by atoms with Crippen LogP contribution in [0.2, 0.25) is 0 Å². The minimum absolute atomic E-state index is 0.0578. The van der Waals surface area contributed by atoms with Gasteiger partial charge >= 0.3 is 0 Å². The molecule has 2 aromatic heterocycles. The molecule has 0 bridgehead atoms. The van der Waals surface area contributed by atoms with E-state index >= 15 is 0 Å². The fraction of sp³-hybridized carbons (Fsp3) is 0.409. The van der Waals surface area contributed by atoms with E-state index < -0.39 is 6.43 Å². The van der Waals surface area contributed by atoms with Crippen molar-refractivity contribution in [2.75, 3.05) is 11.9 Å². The Bertz CT molecular complexity index is 1030. The molecule has 0 radical (unpaired) electrons. The van der Waals surface area contributed by atoms with Gasteiger partial charge in [0.25, 0.3) is 6.43 Å². The van der Waals surface area contributed by atoms with Gasteiger partial charge in [-0.05, 0) is 48.8 Å². The summed E-state index contributed by atoms with van der Waals surface area (Å²) in [5, 5.41) is 12.0. The lowest BCUT2D eigenvalue weighted by molar-refractivity contribution is -0.120. The number of fused-ring (bicyclic) bond motifs is 1. The summed E-state index contributed by atoms with van der Waals surface area (Å²) in [6.45, 7) is -0.288. The minimum atomic E-state index is -2.34. The highest BCUT2D eigenvalue weighted by molar-refractivity contribution is 5.95. The molecule has 1 amide bonds. The number of pyridine rings is 1. The third-order valence-corrected chi connectivity index (χ3v) is 5.67. The van der Waals surface area contributed by atoms with E-state index in [-0.39, 0.29) is 24.4 Å². The van der Waals surface area contributed by atoms with Gasteiger partial charge in [0.2, 0.25) is 5.91 Å². The van der Waals surface area contributed by atoms with Crippen LogP contribution in [0.15, 0.2) is 42.9 Å². The number of carbonyl (C=O) groups is 1. The number of anilines is 1. The second kappa shape index (κ2) is 8.87. The molecule has 0 saturated heterocycles. The molecular weight excluding hydrogens is 388 g/mol. The SMILES string of the molecule is Cn1cc(-c2ccc3cnc(NC(=O)[C@H]4CC[C@H](NCC(F)F)CC4)cc3c2)cn1. The van der Waals surface area contributed by atoms with Gasteiger partial charge in [-0.15, -0.1) is 0 Å². The van der Waals surface area contributed by atoms with Crippen LogP contribution < -0.4 is 10.6 Å². The van der Waals surface area contributed by atoms with Crippen molar-refractivity contribution in [2.24, 2.45) is 13.0 Å². The van der Waals surface area contributed by atoms with Crippen LogP contribution in [-0.2, 0) is 11.8 Å². The van der Waals surface area contributed by atoms with Crippen molar-refractivity contribution in [1.29, 1.82) is 0 Å². The van der Waals surface area contributed by atoms with Gasteiger partial charge < -0.3 is 10.6 Å². The number of aromatic nitrogens is 3. The van der Waals surface area contributed by atoms with Gasteiger partial charge in [-0.1, -0.05) is 12.1 Å². The second-order valence-electron chi connectivity index (χ2n) is 7.87. The molecule has 1 saturated carbocycles. The highest BCUT2D eigenvalue weighted by Gasteiger charge is 2.26. The summed E-state index contributed by atoms with van der Waals surface area (Å²) in [7, 11) is 1.88. The number of amides is 1. The van der Waals surface area contributed by atoms with Crippen LogP contribution in [0.5, 0.6) is 0 Å². The van der Waals surface area contributed by atoms with Crippen LogP contribution in [0.3, 0.4) is 0 Å². The van der Waals surface area contributed by atoms with Crippen LogP contribution in [0.25, 0.3) is 21.9 Å². The zero-order chi connectivity index (χ0) is 21.1. The maximum absolute atomic E-state index is 12.7. The largest absolute Gasteiger partial charge is 0.310 e. The Morgan fingerprint density at radius 3 is 2.63 bits per heavy atom. The van der Waals surface area contributed by atoms with E-state index in [1.54, 1.807) is 10.9 Å². The highest BCUT2D eigenvalue weighted by atomic mass is 19.3. The predicted octanol–water partition coefficient (Wildman–Crippen LogP) is 3.99. The fourth-order valence-electron chi connectivity index (χ4n) is 4.00. The van der Waals surface area contributed by atoms with Gasteiger partial charge in [-0.3, -0.25) is 9.48 Å².